The van der Waals surface area contributed by atoms with Gasteiger partial charge in [0.25, 0.3) is 0 Å². The second kappa shape index (κ2) is 8.92. The number of benzene rings is 1. The van der Waals surface area contributed by atoms with Crippen LogP contribution in [0.2, 0.25) is 5.02 Å². The highest BCUT2D eigenvalue weighted by Gasteiger charge is 2.11. The lowest BCUT2D eigenvalue weighted by Gasteiger charge is -2.15. The molecule has 3 N–H and O–H groups in total. The summed E-state index contributed by atoms with van der Waals surface area (Å²) < 4.78 is 10.5. The Balaban J connectivity index is 2.61. The van der Waals surface area contributed by atoms with Crippen LogP contribution in [-0.2, 0) is 0 Å². The molecule has 7 heteroatoms. The maximum atomic E-state index is 6.12. The van der Waals surface area contributed by atoms with Gasteiger partial charge >= 0.3 is 0 Å². The van der Waals surface area contributed by atoms with E-state index >= 15 is 0 Å². The zero-order chi connectivity index (χ0) is 15.8. The third kappa shape index (κ3) is 5.95. The fourth-order valence-electron chi connectivity index (χ4n) is 1.77. The number of rotatable bonds is 7. The number of anilines is 1. The highest BCUT2D eigenvalue weighted by atomic mass is 35.5. The predicted molar refractivity (Wildman–Crippen MR) is 91.1 cm³/mol. The average Bonchev–Trinajstić information content (AvgIpc) is 2.43. The molecule has 1 rings (SSSR count). The van der Waals surface area contributed by atoms with Gasteiger partial charge in [-0.2, -0.15) is 0 Å². The summed E-state index contributed by atoms with van der Waals surface area (Å²) >= 11 is 11.4. The molecule has 0 fully saturated rings. The Morgan fingerprint density at radius 1 is 1.24 bits per heavy atom. The quantitative estimate of drug-likeness (QED) is 0.517. The summed E-state index contributed by atoms with van der Waals surface area (Å²) in [6.07, 6.45) is 1.05. The van der Waals surface area contributed by atoms with Crippen LogP contribution < -0.4 is 25.0 Å². The fraction of sp³-hybridized carbons (Fsp3) is 0.500. The second-order valence-electron chi connectivity index (χ2n) is 4.88. The van der Waals surface area contributed by atoms with Crippen LogP contribution in [0.15, 0.2) is 12.1 Å². The van der Waals surface area contributed by atoms with Crippen molar-refractivity contribution in [3.05, 3.63) is 17.2 Å². The molecule has 0 atom stereocenters. The van der Waals surface area contributed by atoms with Crippen molar-refractivity contribution < 1.29 is 14.4 Å². The highest BCUT2D eigenvalue weighted by Crippen LogP contribution is 2.35. The van der Waals surface area contributed by atoms with Crippen molar-refractivity contribution in [2.75, 3.05) is 46.7 Å². The molecule has 0 aliphatic carbocycles. The van der Waals surface area contributed by atoms with Gasteiger partial charge in [-0.25, -0.2) is 0 Å². The first-order valence-electron chi connectivity index (χ1n) is 6.73. The lowest BCUT2D eigenvalue weighted by molar-refractivity contribution is -0.858. The van der Waals surface area contributed by atoms with Crippen LogP contribution in [0.25, 0.3) is 0 Å². The molecular weight excluding hydrogens is 310 g/mol. The van der Waals surface area contributed by atoms with Crippen LogP contribution in [0, 0.1) is 0 Å². The van der Waals surface area contributed by atoms with Gasteiger partial charge in [-0.1, -0.05) is 11.6 Å². The van der Waals surface area contributed by atoms with Crippen molar-refractivity contribution in [2.24, 2.45) is 0 Å². The van der Waals surface area contributed by atoms with Crippen molar-refractivity contribution in [3.8, 4) is 11.5 Å². The van der Waals surface area contributed by atoms with E-state index < -0.39 is 0 Å². The minimum Gasteiger partial charge on any atom is -0.495 e. The van der Waals surface area contributed by atoms with Gasteiger partial charge < -0.3 is 25.0 Å². The second-order valence-corrected chi connectivity index (χ2v) is 5.69. The Hall–Kier alpha value is -1.24. The normalized spacial score (nSPS) is 10.4. The van der Waals surface area contributed by atoms with Gasteiger partial charge in [-0.3, -0.25) is 0 Å². The number of ether oxygens (including phenoxy) is 2. The summed E-state index contributed by atoms with van der Waals surface area (Å²) in [6.45, 7) is 1.91. The molecule has 1 aromatic carbocycles. The average molecular weight is 333 g/mol. The Labute approximate surface area is 136 Å². The number of quaternary nitrogens is 1. The first-order valence-corrected chi connectivity index (χ1v) is 7.52. The summed E-state index contributed by atoms with van der Waals surface area (Å²) in [4.78, 5) is 1.42. The molecule has 0 aliphatic rings. The molecular formula is C14H23ClN3O2S+. The largest absolute Gasteiger partial charge is 0.495 e. The van der Waals surface area contributed by atoms with Gasteiger partial charge in [0, 0.05) is 19.0 Å². The fourth-order valence-corrected chi connectivity index (χ4v) is 2.22. The highest BCUT2D eigenvalue weighted by molar-refractivity contribution is 7.80. The topological polar surface area (TPSA) is 47.0 Å². The van der Waals surface area contributed by atoms with E-state index in [1.165, 1.54) is 4.90 Å². The van der Waals surface area contributed by atoms with E-state index in [1.807, 2.05) is 0 Å². The number of hydrogen-bond donors (Lipinski definition) is 3. The Morgan fingerprint density at radius 2 is 1.90 bits per heavy atom. The molecule has 0 spiro atoms. The zero-order valence-corrected chi connectivity index (χ0v) is 14.5. The first-order chi connectivity index (χ1) is 9.97. The van der Waals surface area contributed by atoms with E-state index in [9.17, 15) is 0 Å². The lowest BCUT2D eigenvalue weighted by atomic mass is 10.2. The van der Waals surface area contributed by atoms with Gasteiger partial charge in [0.2, 0.25) is 0 Å². The molecule has 21 heavy (non-hydrogen) atoms. The van der Waals surface area contributed by atoms with E-state index in [-0.39, 0.29) is 0 Å². The smallest absolute Gasteiger partial charge is 0.170 e. The van der Waals surface area contributed by atoms with Crippen molar-refractivity contribution in [2.45, 2.75) is 6.42 Å². The summed E-state index contributed by atoms with van der Waals surface area (Å²) in [5.74, 6) is 1.19. The van der Waals surface area contributed by atoms with E-state index in [1.54, 1.807) is 26.4 Å². The molecule has 0 aromatic heterocycles. The van der Waals surface area contributed by atoms with Gasteiger partial charge in [0.1, 0.15) is 11.5 Å². The molecule has 0 amide bonds. The van der Waals surface area contributed by atoms with Crippen LogP contribution in [0.3, 0.4) is 0 Å². The van der Waals surface area contributed by atoms with Crippen LogP contribution >= 0.6 is 23.8 Å². The predicted octanol–water partition coefficient (Wildman–Crippen LogP) is 1.18. The molecule has 1 aromatic rings. The van der Waals surface area contributed by atoms with Crippen LogP contribution in [-0.4, -0.2) is 46.5 Å². The number of halogens is 1. The van der Waals surface area contributed by atoms with Crippen molar-refractivity contribution in [3.63, 3.8) is 0 Å². The Kier molecular flexibility index (Phi) is 7.56. The molecule has 118 valence electrons. The SMILES string of the molecule is COc1cc(OC)c(NC(=S)NCCC[NH+](C)C)cc1Cl. The minimum atomic E-state index is 0.500. The zero-order valence-electron chi connectivity index (χ0n) is 12.9. The minimum absolute atomic E-state index is 0.500. The summed E-state index contributed by atoms with van der Waals surface area (Å²) in [6, 6.07) is 3.46. The Morgan fingerprint density at radius 3 is 2.48 bits per heavy atom. The van der Waals surface area contributed by atoms with Gasteiger partial charge in [-0.05, 0) is 18.3 Å². The van der Waals surface area contributed by atoms with Gasteiger partial charge in [0.05, 0.1) is 45.6 Å². The Bertz CT molecular complexity index is 484. The van der Waals surface area contributed by atoms with Gasteiger partial charge in [0.15, 0.2) is 5.11 Å². The van der Waals surface area contributed by atoms with Crippen LogP contribution in [0.1, 0.15) is 6.42 Å². The van der Waals surface area contributed by atoms with Crippen LogP contribution in [0.4, 0.5) is 5.69 Å². The maximum Gasteiger partial charge on any atom is 0.170 e. The number of methoxy groups -OCH3 is 2. The van der Waals surface area contributed by atoms with E-state index in [0.29, 0.717) is 27.3 Å². The number of nitrogens with one attached hydrogen (secondary N) is 3. The maximum absolute atomic E-state index is 6.12. The molecule has 0 bridgehead atoms. The summed E-state index contributed by atoms with van der Waals surface area (Å²) in [5.41, 5.74) is 0.707. The number of hydrogen-bond acceptors (Lipinski definition) is 3. The molecule has 0 saturated heterocycles. The van der Waals surface area contributed by atoms with Crippen LogP contribution in [0.5, 0.6) is 11.5 Å². The standard InChI is InChI=1S/C14H22ClN3O2S/c1-18(2)7-5-6-16-14(21)17-11-8-10(15)12(19-3)9-13(11)20-4/h8-9H,5-7H2,1-4H3,(H2,16,17,21)/p+1. The summed E-state index contributed by atoms with van der Waals surface area (Å²) in [5, 5.41) is 7.30. The molecule has 0 heterocycles. The van der Waals surface area contributed by atoms with E-state index in [0.717, 1.165) is 19.5 Å². The van der Waals surface area contributed by atoms with Crippen molar-refractivity contribution >= 4 is 34.6 Å². The molecule has 5 nitrogen and oxygen atoms in total. The third-order valence-corrected chi connectivity index (χ3v) is 3.40. The molecule has 0 unspecified atom stereocenters. The first kappa shape index (κ1) is 17.8. The lowest BCUT2D eigenvalue weighted by Crippen LogP contribution is -3.05. The van der Waals surface area contributed by atoms with Crippen molar-refractivity contribution in [1.29, 1.82) is 0 Å². The van der Waals surface area contributed by atoms with Crippen molar-refractivity contribution in [1.82, 2.24) is 5.32 Å². The van der Waals surface area contributed by atoms with E-state index in [2.05, 4.69) is 24.7 Å². The summed E-state index contributed by atoms with van der Waals surface area (Å²) in [7, 11) is 7.40. The van der Waals surface area contributed by atoms with E-state index in [4.69, 9.17) is 33.3 Å². The molecule has 0 aliphatic heterocycles. The molecule has 0 radical (unpaired) electrons. The van der Waals surface area contributed by atoms with Gasteiger partial charge in [-0.15, -0.1) is 0 Å². The third-order valence-electron chi connectivity index (χ3n) is 2.86. The number of thiocarbonyl (C=S) groups is 1. The monoisotopic (exact) mass is 332 g/mol. The molecule has 0 saturated carbocycles.